The van der Waals surface area contributed by atoms with E-state index in [9.17, 15) is 19.5 Å². The first-order valence-corrected chi connectivity index (χ1v) is 11.9. The van der Waals surface area contributed by atoms with Gasteiger partial charge in [0, 0.05) is 23.2 Å². The Morgan fingerprint density at radius 3 is 2.97 bits per heavy atom. The molecule has 16 heteroatoms. The van der Waals surface area contributed by atoms with E-state index in [1.165, 1.54) is 23.8 Å². The minimum absolute atomic E-state index is 0.0176. The molecule has 1 saturated heterocycles. The number of oxime groups is 1. The van der Waals surface area contributed by atoms with Gasteiger partial charge in [0.2, 0.25) is 17.4 Å². The summed E-state index contributed by atoms with van der Waals surface area (Å²) in [6.07, 6.45) is 5.25. The number of hydrogen-bond donors (Lipinski definition) is 3. The van der Waals surface area contributed by atoms with E-state index in [4.69, 9.17) is 10.6 Å². The molecule has 35 heavy (non-hydrogen) atoms. The number of nitrogens with zero attached hydrogens (tertiary/aromatic N) is 7. The third-order valence-electron chi connectivity index (χ3n) is 5.36. The maximum Gasteiger partial charge on any atom is 0.352 e. The van der Waals surface area contributed by atoms with E-state index < -0.39 is 22.6 Å². The molecular weight excluding hydrogens is 498 g/mol. The number of hydrogen-bond acceptors (Lipinski definition) is 11. The topological polar surface area (TPSA) is 181 Å². The van der Waals surface area contributed by atoms with Crippen LogP contribution in [0.2, 0.25) is 0 Å². The van der Waals surface area contributed by atoms with Crippen LogP contribution < -0.4 is 15.6 Å². The van der Waals surface area contributed by atoms with Gasteiger partial charge in [-0.2, -0.15) is 9.36 Å². The molecule has 0 spiro atoms. The van der Waals surface area contributed by atoms with Crippen molar-refractivity contribution >= 4 is 57.6 Å². The summed E-state index contributed by atoms with van der Waals surface area (Å²) in [4.78, 5) is 47.8. The van der Waals surface area contributed by atoms with Gasteiger partial charge in [0.05, 0.1) is 18.0 Å². The molecule has 5 rings (SSSR count). The quantitative estimate of drug-likeness (QED) is 0.155. The van der Waals surface area contributed by atoms with Crippen LogP contribution in [0.5, 0.6) is 0 Å². The van der Waals surface area contributed by atoms with Crippen LogP contribution in [0.15, 0.2) is 47.1 Å². The number of thioether (sulfide) groups is 1. The van der Waals surface area contributed by atoms with Crippen molar-refractivity contribution in [3.05, 3.63) is 47.8 Å². The highest BCUT2D eigenvalue weighted by atomic mass is 32.2. The SMILES string of the molecule is CO/N=C(\C(=O)NC1SC2CC(=O)N2C(C(=O)O)=C1C[n+]1ccn2ncccc21)c1nsc(N)n1. The van der Waals surface area contributed by atoms with Gasteiger partial charge in [-0.25, -0.2) is 9.36 Å². The Hall–Kier alpha value is -4.05. The molecule has 14 nitrogen and oxygen atoms in total. The molecule has 2 aliphatic heterocycles. The zero-order chi connectivity index (χ0) is 24.7. The van der Waals surface area contributed by atoms with E-state index in [0.29, 0.717) is 11.2 Å². The molecular formula is C19H18N9O5S2+. The number of aliphatic carboxylic acids is 1. The second kappa shape index (κ2) is 8.95. The lowest BCUT2D eigenvalue weighted by Gasteiger charge is -2.46. The summed E-state index contributed by atoms with van der Waals surface area (Å²) in [5.74, 6) is -2.26. The van der Waals surface area contributed by atoms with Crippen LogP contribution in [-0.2, 0) is 25.8 Å². The fourth-order valence-electron chi connectivity index (χ4n) is 3.85. The molecule has 3 aromatic rings. The molecule has 0 aromatic carbocycles. The molecule has 2 amide bonds. The maximum absolute atomic E-state index is 13.2. The summed E-state index contributed by atoms with van der Waals surface area (Å²) in [7, 11) is 1.27. The van der Waals surface area contributed by atoms with Gasteiger partial charge in [0.25, 0.3) is 5.91 Å². The monoisotopic (exact) mass is 516 g/mol. The van der Waals surface area contributed by atoms with Crippen molar-refractivity contribution < 1.29 is 28.9 Å². The number of nitrogen functional groups attached to an aromatic ring is 1. The van der Waals surface area contributed by atoms with Crippen LogP contribution in [0.1, 0.15) is 12.2 Å². The first-order chi connectivity index (χ1) is 16.9. The molecule has 180 valence electrons. The van der Waals surface area contributed by atoms with E-state index in [1.54, 1.807) is 33.7 Å². The van der Waals surface area contributed by atoms with Gasteiger partial charge >= 0.3 is 11.6 Å². The van der Waals surface area contributed by atoms with Crippen molar-refractivity contribution in [2.45, 2.75) is 23.7 Å². The smallest absolute Gasteiger partial charge is 0.352 e. The zero-order valence-corrected chi connectivity index (χ0v) is 19.7. The zero-order valence-electron chi connectivity index (χ0n) is 18.1. The molecule has 2 unspecified atom stereocenters. The second-order valence-corrected chi connectivity index (χ2v) is 9.49. The van der Waals surface area contributed by atoms with Crippen LogP contribution in [0.4, 0.5) is 5.13 Å². The summed E-state index contributed by atoms with van der Waals surface area (Å²) in [6.45, 7) is 0.0803. The normalized spacial score (nSPS) is 20.0. The number of carboxylic acid groups (broad SMARTS) is 1. The average Bonchev–Trinajstić information content (AvgIpc) is 3.44. The van der Waals surface area contributed by atoms with Gasteiger partial charge in [0.15, 0.2) is 11.3 Å². The van der Waals surface area contributed by atoms with Gasteiger partial charge in [-0.3, -0.25) is 14.5 Å². The molecule has 0 aliphatic carbocycles. The molecule has 0 radical (unpaired) electrons. The van der Waals surface area contributed by atoms with Crippen LogP contribution >= 0.6 is 23.3 Å². The van der Waals surface area contributed by atoms with Gasteiger partial charge in [0.1, 0.15) is 30.9 Å². The minimum atomic E-state index is -1.26. The molecule has 1 fully saturated rings. The summed E-state index contributed by atoms with van der Waals surface area (Å²) in [5.41, 5.74) is 6.29. The second-order valence-electron chi connectivity index (χ2n) is 7.42. The largest absolute Gasteiger partial charge is 0.477 e. The summed E-state index contributed by atoms with van der Waals surface area (Å²) in [5, 5.41) is 19.7. The van der Waals surface area contributed by atoms with Crippen molar-refractivity contribution in [1.82, 2.24) is 29.2 Å². The number of carboxylic acids is 1. The van der Waals surface area contributed by atoms with Gasteiger partial charge in [-0.1, -0.05) is 10.3 Å². The number of fused-ring (bicyclic) bond motifs is 2. The number of nitrogens with one attached hydrogen (secondary N) is 1. The lowest BCUT2D eigenvalue weighted by Crippen LogP contribution is -2.59. The van der Waals surface area contributed by atoms with Crippen LogP contribution in [-0.4, -0.2) is 70.3 Å². The number of β-lactam (4-membered cyclic amide) rings is 1. The van der Waals surface area contributed by atoms with E-state index >= 15 is 0 Å². The number of aromatic nitrogens is 5. The molecule has 0 saturated carbocycles. The molecule has 2 aliphatic rings. The number of imidazole rings is 1. The third kappa shape index (κ3) is 4.06. The van der Waals surface area contributed by atoms with Crippen molar-refractivity contribution in [1.29, 1.82) is 0 Å². The molecule has 0 bridgehead atoms. The molecule has 2 atom stereocenters. The van der Waals surface area contributed by atoms with Crippen LogP contribution in [0, 0.1) is 0 Å². The van der Waals surface area contributed by atoms with Crippen molar-refractivity contribution in [2.24, 2.45) is 5.16 Å². The number of amides is 2. The molecule has 4 N–H and O–H groups in total. The Bertz CT molecular complexity index is 1410. The lowest BCUT2D eigenvalue weighted by molar-refractivity contribution is -0.663. The highest BCUT2D eigenvalue weighted by molar-refractivity contribution is 8.00. The summed E-state index contributed by atoms with van der Waals surface area (Å²) in [6, 6.07) is 3.57. The molecule has 5 heterocycles. The van der Waals surface area contributed by atoms with Crippen molar-refractivity contribution in [2.75, 3.05) is 12.8 Å². The average molecular weight is 517 g/mol. The highest BCUT2D eigenvalue weighted by Gasteiger charge is 2.49. The Morgan fingerprint density at radius 1 is 1.46 bits per heavy atom. The minimum Gasteiger partial charge on any atom is -0.477 e. The fourth-order valence-corrected chi connectivity index (χ4v) is 5.71. The van der Waals surface area contributed by atoms with E-state index in [-0.39, 0.29) is 41.2 Å². The van der Waals surface area contributed by atoms with E-state index in [1.807, 2.05) is 6.07 Å². The Kier molecular flexibility index (Phi) is 5.81. The first-order valence-electron chi connectivity index (χ1n) is 10.1. The Balaban J connectivity index is 1.53. The standard InChI is InChI=1S/C19H17N9O5S2/c1-33-24-13(15-22-19(20)35-25-15)16(30)23-17-9(8-26-5-6-27-10(26)3-2-4-21-27)14(18(31)32)28-11(29)7-12(28)34-17/h2-6,12,17H,7-8H2,1H3,(H3-,20,22,23,25,30,31,32)/p+1/b24-13-. The first kappa shape index (κ1) is 22.7. The predicted octanol–water partition coefficient (Wildman–Crippen LogP) is -0.808. The van der Waals surface area contributed by atoms with Crippen molar-refractivity contribution in [3.63, 3.8) is 0 Å². The van der Waals surface area contributed by atoms with Crippen molar-refractivity contribution in [3.8, 4) is 0 Å². The maximum atomic E-state index is 13.2. The van der Waals surface area contributed by atoms with Crippen LogP contribution in [0.25, 0.3) is 5.65 Å². The number of anilines is 1. The Morgan fingerprint density at radius 2 is 2.29 bits per heavy atom. The summed E-state index contributed by atoms with van der Waals surface area (Å²) < 4.78 is 7.42. The third-order valence-corrected chi connectivity index (χ3v) is 7.27. The predicted molar refractivity (Wildman–Crippen MR) is 123 cm³/mol. The number of nitrogens with two attached hydrogens (primary N) is 1. The van der Waals surface area contributed by atoms with E-state index in [2.05, 4.69) is 24.9 Å². The lowest BCUT2D eigenvalue weighted by atomic mass is 10.1. The molecule has 3 aromatic heterocycles. The fraction of sp³-hybridized carbons (Fsp3) is 0.263. The number of carbonyl (C=O) groups is 3. The number of rotatable bonds is 7. The summed E-state index contributed by atoms with van der Waals surface area (Å²) >= 11 is 2.16. The van der Waals surface area contributed by atoms with Crippen LogP contribution in [0.3, 0.4) is 0 Å². The highest BCUT2D eigenvalue weighted by Crippen LogP contribution is 2.43. The van der Waals surface area contributed by atoms with Gasteiger partial charge in [-0.05, 0) is 6.07 Å². The van der Waals surface area contributed by atoms with Gasteiger partial charge < -0.3 is 21.0 Å². The number of carbonyl (C=O) groups excluding carboxylic acids is 2. The van der Waals surface area contributed by atoms with Gasteiger partial charge in [-0.15, -0.1) is 16.3 Å². The van der Waals surface area contributed by atoms with E-state index in [0.717, 1.165) is 11.5 Å². The Labute approximate surface area is 205 Å².